The van der Waals surface area contributed by atoms with Gasteiger partial charge in [0.2, 0.25) is 5.91 Å². The standard InChI is InChI=1S/C17H27N5O2.ClH/c1-12-14(11-21(2)20-12)17(24)22-8-4-5-13(10-22)9-19-16(23)15-6-3-7-18-15;/h11,13,15,18H,3-10H2,1-2H3,(H,19,23);1H. The second-order valence-electron chi connectivity index (χ2n) is 6.96. The van der Waals surface area contributed by atoms with Gasteiger partial charge in [0.15, 0.2) is 0 Å². The lowest BCUT2D eigenvalue weighted by molar-refractivity contribution is -0.123. The zero-order valence-corrected chi connectivity index (χ0v) is 15.8. The Labute approximate surface area is 154 Å². The molecule has 0 saturated carbocycles. The number of piperidine rings is 1. The molecule has 1 aromatic heterocycles. The number of carbonyl (C=O) groups is 2. The Balaban J connectivity index is 0.00000225. The van der Waals surface area contributed by atoms with Gasteiger partial charge in [-0.3, -0.25) is 14.3 Å². The molecule has 2 saturated heterocycles. The fourth-order valence-corrected chi connectivity index (χ4v) is 3.67. The molecule has 0 bridgehead atoms. The van der Waals surface area contributed by atoms with Gasteiger partial charge in [-0.15, -0.1) is 12.4 Å². The van der Waals surface area contributed by atoms with Crippen LogP contribution in [0.4, 0.5) is 0 Å². The third kappa shape index (κ3) is 4.73. The van der Waals surface area contributed by atoms with Crippen molar-refractivity contribution in [3.8, 4) is 0 Å². The van der Waals surface area contributed by atoms with Gasteiger partial charge in [0.1, 0.15) is 0 Å². The van der Waals surface area contributed by atoms with Gasteiger partial charge >= 0.3 is 0 Å². The summed E-state index contributed by atoms with van der Waals surface area (Å²) in [6.45, 7) is 4.91. The van der Waals surface area contributed by atoms with Crippen LogP contribution in [0.15, 0.2) is 6.20 Å². The summed E-state index contributed by atoms with van der Waals surface area (Å²) >= 11 is 0. The molecule has 2 aliphatic rings. The van der Waals surface area contributed by atoms with Crippen LogP contribution in [0.1, 0.15) is 41.7 Å². The molecule has 140 valence electrons. The maximum atomic E-state index is 12.7. The number of aromatic nitrogens is 2. The maximum absolute atomic E-state index is 12.7. The van der Waals surface area contributed by atoms with Crippen LogP contribution < -0.4 is 10.6 Å². The summed E-state index contributed by atoms with van der Waals surface area (Å²) in [5.74, 6) is 0.471. The largest absolute Gasteiger partial charge is 0.354 e. The molecular formula is C17H28ClN5O2. The van der Waals surface area contributed by atoms with E-state index >= 15 is 0 Å². The minimum atomic E-state index is -0.0376. The zero-order valence-electron chi connectivity index (χ0n) is 15.0. The second kappa shape index (κ2) is 8.67. The Bertz CT molecular complexity index is 612. The van der Waals surface area contributed by atoms with E-state index in [9.17, 15) is 9.59 Å². The van der Waals surface area contributed by atoms with Crippen LogP contribution in [0.2, 0.25) is 0 Å². The Hall–Kier alpha value is -1.60. The van der Waals surface area contributed by atoms with Crippen molar-refractivity contribution in [3.05, 3.63) is 17.5 Å². The Morgan fingerprint density at radius 1 is 1.36 bits per heavy atom. The molecule has 2 fully saturated rings. The van der Waals surface area contributed by atoms with Crippen molar-refractivity contribution >= 4 is 24.2 Å². The van der Waals surface area contributed by atoms with Gasteiger partial charge in [0.25, 0.3) is 5.91 Å². The molecule has 3 heterocycles. The first kappa shape index (κ1) is 19.7. The third-order valence-electron chi connectivity index (χ3n) is 4.99. The fraction of sp³-hybridized carbons (Fsp3) is 0.706. The van der Waals surface area contributed by atoms with Crippen LogP contribution in [0.5, 0.6) is 0 Å². The number of aryl methyl sites for hydroxylation is 2. The van der Waals surface area contributed by atoms with Gasteiger partial charge in [0, 0.05) is 32.9 Å². The van der Waals surface area contributed by atoms with E-state index in [1.807, 2.05) is 18.9 Å². The number of halogens is 1. The van der Waals surface area contributed by atoms with Crippen molar-refractivity contribution in [2.24, 2.45) is 13.0 Å². The van der Waals surface area contributed by atoms with E-state index in [1.165, 1.54) is 0 Å². The number of hydrogen-bond acceptors (Lipinski definition) is 4. The molecule has 0 radical (unpaired) electrons. The van der Waals surface area contributed by atoms with E-state index in [2.05, 4.69) is 15.7 Å². The number of nitrogens with one attached hydrogen (secondary N) is 2. The average molecular weight is 370 g/mol. The molecule has 25 heavy (non-hydrogen) atoms. The summed E-state index contributed by atoms with van der Waals surface area (Å²) in [6, 6.07) is -0.0376. The highest BCUT2D eigenvalue weighted by Crippen LogP contribution is 2.19. The van der Waals surface area contributed by atoms with E-state index in [1.54, 1.807) is 10.9 Å². The average Bonchev–Trinajstić information content (AvgIpc) is 3.22. The molecule has 3 rings (SSSR count). The molecule has 7 nitrogen and oxygen atoms in total. The number of nitrogens with zero attached hydrogens (tertiary/aromatic N) is 3. The second-order valence-corrected chi connectivity index (χ2v) is 6.96. The van der Waals surface area contributed by atoms with Gasteiger partial charge in [-0.2, -0.15) is 5.10 Å². The quantitative estimate of drug-likeness (QED) is 0.825. The lowest BCUT2D eigenvalue weighted by Gasteiger charge is -2.33. The first-order chi connectivity index (χ1) is 11.5. The molecule has 2 unspecified atom stereocenters. The minimum absolute atomic E-state index is 0. The van der Waals surface area contributed by atoms with Crippen molar-refractivity contribution in [2.75, 3.05) is 26.2 Å². The Morgan fingerprint density at radius 2 is 2.16 bits per heavy atom. The number of likely N-dealkylation sites (tertiary alicyclic amines) is 1. The van der Waals surface area contributed by atoms with E-state index in [4.69, 9.17) is 0 Å². The lowest BCUT2D eigenvalue weighted by atomic mass is 9.97. The fourth-order valence-electron chi connectivity index (χ4n) is 3.67. The van der Waals surface area contributed by atoms with Gasteiger partial charge < -0.3 is 15.5 Å². The summed E-state index contributed by atoms with van der Waals surface area (Å²) in [4.78, 5) is 26.7. The predicted octanol–water partition coefficient (Wildman–Crippen LogP) is 0.871. The van der Waals surface area contributed by atoms with Crippen LogP contribution in [0.25, 0.3) is 0 Å². The highest BCUT2D eigenvalue weighted by atomic mass is 35.5. The normalized spacial score (nSPS) is 23.2. The Morgan fingerprint density at radius 3 is 2.80 bits per heavy atom. The topological polar surface area (TPSA) is 79.3 Å². The summed E-state index contributed by atoms with van der Waals surface area (Å²) in [5.41, 5.74) is 1.45. The molecule has 0 spiro atoms. The zero-order chi connectivity index (χ0) is 17.1. The molecule has 2 atom stereocenters. The van der Waals surface area contributed by atoms with Crippen LogP contribution in [-0.2, 0) is 11.8 Å². The smallest absolute Gasteiger partial charge is 0.257 e. The van der Waals surface area contributed by atoms with Crippen molar-refractivity contribution < 1.29 is 9.59 Å². The first-order valence-corrected chi connectivity index (χ1v) is 8.85. The molecule has 2 aliphatic heterocycles. The van der Waals surface area contributed by atoms with Crippen LogP contribution in [0, 0.1) is 12.8 Å². The number of amides is 2. The first-order valence-electron chi connectivity index (χ1n) is 8.85. The van der Waals surface area contributed by atoms with E-state index in [0.717, 1.165) is 44.5 Å². The summed E-state index contributed by atoms with van der Waals surface area (Å²) in [5, 5.41) is 10.5. The highest BCUT2D eigenvalue weighted by molar-refractivity contribution is 5.95. The van der Waals surface area contributed by atoms with Crippen LogP contribution in [-0.4, -0.2) is 58.7 Å². The van der Waals surface area contributed by atoms with Gasteiger partial charge in [-0.25, -0.2) is 0 Å². The SMILES string of the molecule is Cc1nn(C)cc1C(=O)N1CCCC(CNC(=O)C2CCCN2)C1.Cl. The van der Waals surface area contributed by atoms with Gasteiger partial charge in [-0.05, 0) is 45.1 Å². The van der Waals surface area contributed by atoms with Gasteiger partial charge in [-0.1, -0.05) is 0 Å². The third-order valence-corrected chi connectivity index (χ3v) is 4.99. The van der Waals surface area contributed by atoms with Crippen LogP contribution in [0.3, 0.4) is 0 Å². The lowest BCUT2D eigenvalue weighted by Crippen LogP contribution is -2.46. The predicted molar refractivity (Wildman–Crippen MR) is 97.9 cm³/mol. The van der Waals surface area contributed by atoms with Crippen LogP contribution >= 0.6 is 12.4 Å². The number of rotatable bonds is 4. The van der Waals surface area contributed by atoms with E-state index < -0.39 is 0 Å². The minimum Gasteiger partial charge on any atom is -0.354 e. The molecule has 2 amide bonds. The number of hydrogen-bond donors (Lipinski definition) is 2. The van der Waals surface area contributed by atoms with Crippen molar-refractivity contribution in [1.82, 2.24) is 25.3 Å². The maximum Gasteiger partial charge on any atom is 0.257 e. The van der Waals surface area contributed by atoms with Crippen molar-refractivity contribution in [2.45, 2.75) is 38.6 Å². The van der Waals surface area contributed by atoms with Crippen molar-refractivity contribution in [3.63, 3.8) is 0 Å². The van der Waals surface area contributed by atoms with E-state index in [0.29, 0.717) is 24.6 Å². The molecule has 0 aromatic carbocycles. The molecule has 2 N–H and O–H groups in total. The van der Waals surface area contributed by atoms with E-state index in [-0.39, 0.29) is 30.3 Å². The molecule has 1 aromatic rings. The Kier molecular flexibility index (Phi) is 6.84. The molecular weight excluding hydrogens is 342 g/mol. The summed E-state index contributed by atoms with van der Waals surface area (Å²) < 4.78 is 1.68. The summed E-state index contributed by atoms with van der Waals surface area (Å²) in [7, 11) is 1.83. The van der Waals surface area contributed by atoms with Crippen molar-refractivity contribution in [1.29, 1.82) is 0 Å². The monoisotopic (exact) mass is 369 g/mol. The molecule has 8 heteroatoms. The molecule has 0 aliphatic carbocycles. The summed E-state index contributed by atoms with van der Waals surface area (Å²) in [6.07, 6.45) is 5.80. The number of carbonyl (C=O) groups excluding carboxylic acids is 2. The van der Waals surface area contributed by atoms with Gasteiger partial charge in [0.05, 0.1) is 17.3 Å². The highest BCUT2D eigenvalue weighted by Gasteiger charge is 2.28.